The summed E-state index contributed by atoms with van der Waals surface area (Å²) in [5.41, 5.74) is 0. The van der Waals surface area contributed by atoms with Crippen LogP contribution in [0.15, 0.2) is 4.52 Å². The van der Waals surface area contributed by atoms with Crippen LogP contribution in [0, 0.1) is 0 Å². The van der Waals surface area contributed by atoms with E-state index in [2.05, 4.69) is 10.1 Å². The Morgan fingerprint density at radius 1 is 1.17 bits per heavy atom. The van der Waals surface area contributed by atoms with Gasteiger partial charge in [0.2, 0.25) is 0 Å². The zero-order chi connectivity index (χ0) is 12.2. The summed E-state index contributed by atoms with van der Waals surface area (Å²) >= 11 is 0. The molecule has 0 spiro atoms. The summed E-state index contributed by atoms with van der Waals surface area (Å²) in [6.45, 7) is 1.96. The molecule has 2 heterocycles. The molecule has 1 aliphatic carbocycles. The summed E-state index contributed by atoms with van der Waals surface area (Å²) in [5, 5.41) is 4.02. The van der Waals surface area contributed by atoms with Crippen molar-refractivity contribution in [2.45, 2.75) is 57.2 Å². The number of nitrogens with zero attached hydrogens (tertiary/aromatic N) is 2. The average Bonchev–Trinajstić information content (AvgIpc) is 3.08. The first-order valence-corrected chi connectivity index (χ1v) is 6.93. The number of hydrogen-bond acceptors (Lipinski definition) is 5. The largest absolute Gasteiger partial charge is 0.381 e. The fraction of sp³-hybridized carbons (Fsp3) is 0.846. The highest BCUT2D eigenvalue weighted by Gasteiger charge is 2.23. The molecule has 5 nitrogen and oxygen atoms in total. The molecule has 0 radical (unpaired) electrons. The molecule has 1 aromatic heterocycles. The normalized spacial score (nSPS) is 25.7. The number of aromatic nitrogens is 2. The van der Waals surface area contributed by atoms with E-state index >= 15 is 0 Å². The van der Waals surface area contributed by atoms with Gasteiger partial charge in [-0.15, -0.1) is 0 Å². The summed E-state index contributed by atoms with van der Waals surface area (Å²) in [4.78, 5) is 4.39. The van der Waals surface area contributed by atoms with E-state index in [1.165, 1.54) is 19.3 Å². The molecule has 0 unspecified atom stereocenters. The maximum absolute atomic E-state index is 5.82. The van der Waals surface area contributed by atoms with E-state index in [0.29, 0.717) is 31.1 Å². The van der Waals surface area contributed by atoms with Gasteiger partial charge in [0.05, 0.1) is 12.7 Å². The third kappa shape index (κ3) is 2.90. The molecule has 1 saturated heterocycles. The van der Waals surface area contributed by atoms with Crippen LogP contribution in [-0.4, -0.2) is 29.5 Å². The predicted octanol–water partition coefficient (Wildman–Crippen LogP) is 2.42. The average molecular weight is 252 g/mol. The molecule has 3 rings (SSSR count). The molecule has 1 atom stereocenters. The van der Waals surface area contributed by atoms with Crippen LogP contribution in [0.5, 0.6) is 0 Å². The number of ether oxygens (including phenoxy) is 2. The zero-order valence-electron chi connectivity index (χ0n) is 10.6. The van der Waals surface area contributed by atoms with E-state index in [1.807, 2.05) is 0 Å². The second-order valence-electron chi connectivity index (χ2n) is 5.18. The van der Waals surface area contributed by atoms with Crippen molar-refractivity contribution in [1.82, 2.24) is 10.1 Å². The van der Waals surface area contributed by atoms with Gasteiger partial charge in [-0.1, -0.05) is 24.4 Å². The smallest absolute Gasteiger partial charge is 0.252 e. The topological polar surface area (TPSA) is 57.4 Å². The monoisotopic (exact) mass is 252 g/mol. The minimum absolute atomic E-state index is 0.303. The Morgan fingerprint density at radius 2 is 2.06 bits per heavy atom. The van der Waals surface area contributed by atoms with Crippen molar-refractivity contribution in [3.05, 3.63) is 11.7 Å². The lowest BCUT2D eigenvalue weighted by Gasteiger charge is -2.20. The fourth-order valence-corrected chi connectivity index (χ4v) is 2.65. The number of hydrogen-bond donors (Lipinski definition) is 0. The maximum atomic E-state index is 5.82. The molecule has 5 heteroatoms. The fourth-order valence-electron chi connectivity index (χ4n) is 2.65. The first-order chi connectivity index (χ1) is 8.92. The highest BCUT2D eigenvalue weighted by molar-refractivity contribution is 4.97. The molecule has 0 bridgehead atoms. The van der Waals surface area contributed by atoms with Gasteiger partial charge < -0.3 is 14.0 Å². The SMILES string of the molecule is C1CCC(OCc2nc([C@H]3CCOC3)no2)CC1. The van der Waals surface area contributed by atoms with E-state index in [4.69, 9.17) is 14.0 Å². The van der Waals surface area contributed by atoms with Gasteiger partial charge in [0.25, 0.3) is 5.89 Å². The molecular weight excluding hydrogens is 232 g/mol. The summed E-state index contributed by atoms with van der Waals surface area (Å²) in [5.74, 6) is 1.68. The Bertz CT molecular complexity index is 368. The van der Waals surface area contributed by atoms with E-state index in [-0.39, 0.29) is 0 Å². The van der Waals surface area contributed by atoms with Crippen molar-refractivity contribution in [2.24, 2.45) is 0 Å². The van der Waals surface area contributed by atoms with Crippen molar-refractivity contribution >= 4 is 0 Å². The molecule has 1 aromatic rings. The molecule has 1 saturated carbocycles. The summed E-state index contributed by atoms with van der Waals surface area (Å²) < 4.78 is 16.4. The summed E-state index contributed by atoms with van der Waals surface area (Å²) in [6, 6.07) is 0. The highest BCUT2D eigenvalue weighted by Crippen LogP contribution is 2.24. The predicted molar refractivity (Wildman–Crippen MR) is 64.1 cm³/mol. The quantitative estimate of drug-likeness (QED) is 0.823. The Labute approximate surface area is 107 Å². The lowest BCUT2D eigenvalue weighted by atomic mass is 9.98. The molecule has 2 fully saturated rings. The lowest BCUT2D eigenvalue weighted by molar-refractivity contribution is 0.00462. The van der Waals surface area contributed by atoms with Crippen LogP contribution < -0.4 is 0 Å². The van der Waals surface area contributed by atoms with E-state index < -0.39 is 0 Å². The second-order valence-corrected chi connectivity index (χ2v) is 5.18. The summed E-state index contributed by atoms with van der Waals surface area (Å²) in [7, 11) is 0. The van der Waals surface area contributed by atoms with Crippen LogP contribution in [0.1, 0.15) is 56.2 Å². The van der Waals surface area contributed by atoms with Gasteiger partial charge in [0.15, 0.2) is 5.82 Å². The third-order valence-electron chi connectivity index (χ3n) is 3.77. The Balaban J connectivity index is 1.50. The van der Waals surface area contributed by atoms with Gasteiger partial charge in [-0.3, -0.25) is 0 Å². The first-order valence-electron chi connectivity index (χ1n) is 6.93. The molecule has 100 valence electrons. The van der Waals surface area contributed by atoms with Gasteiger partial charge in [-0.25, -0.2) is 0 Å². The molecule has 0 aromatic carbocycles. The molecule has 0 N–H and O–H groups in total. The van der Waals surface area contributed by atoms with E-state index in [0.717, 1.165) is 31.7 Å². The minimum atomic E-state index is 0.303. The standard InChI is InChI=1S/C13H20N2O3/c1-2-4-11(5-3-1)17-9-12-14-13(15-18-12)10-6-7-16-8-10/h10-11H,1-9H2/t10-/m0/s1. The van der Waals surface area contributed by atoms with Crippen LogP contribution >= 0.6 is 0 Å². The van der Waals surface area contributed by atoms with Crippen LogP contribution in [-0.2, 0) is 16.1 Å². The first kappa shape index (κ1) is 12.1. The molecule has 18 heavy (non-hydrogen) atoms. The number of rotatable bonds is 4. The van der Waals surface area contributed by atoms with Crippen LogP contribution in [0.2, 0.25) is 0 Å². The van der Waals surface area contributed by atoms with Crippen LogP contribution in [0.3, 0.4) is 0 Å². The van der Waals surface area contributed by atoms with Gasteiger partial charge in [-0.2, -0.15) is 4.98 Å². The van der Waals surface area contributed by atoms with Crippen molar-refractivity contribution in [3.63, 3.8) is 0 Å². The molecule has 0 amide bonds. The molecule has 2 aliphatic rings. The Kier molecular flexibility index (Phi) is 3.90. The van der Waals surface area contributed by atoms with Crippen LogP contribution in [0.25, 0.3) is 0 Å². The zero-order valence-corrected chi connectivity index (χ0v) is 10.6. The Morgan fingerprint density at radius 3 is 2.83 bits per heavy atom. The van der Waals surface area contributed by atoms with Crippen molar-refractivity contribution < 1.29 is 14.0 Å². The maximum Gasteiger partial charge on any atom is 0.252 e. The van der Waals surface area contributed by atoms with Crippen molar-refractivity contribution in [3.8, 4) is 0 Å². The summed E-state index contributed by atoms with van der Waals surface area (Å²) in [6.07, 6.45) is 7.59. The van der Waals surface area contributed by atoms with Gasteiger partial charge in [-0.05, 0) is 19.3 Å². The van der Waals surface area contributed by atoms with Gasteiger partial charge in [0.1, 0.15) is 6.61 Å². The van der Waals surface area contributed by atoms with Gasteiger partial charge in [0, 0.05) is 12.5 Å². The van der Waals surface area contributed by atoms with Crippen molar-refractivity contribution in [1.29, 1.82) is 0 Å². The minimum Gasteiger partial charge on any atom is -0.381 e. The van der Waals surface area contributed by atoms with E-state index in [9.17, 15) is 0 Å². The molecular formula is C13H20N2O3. The second kappa shape index (κ2) is 5.80. The Hall–Kier alpha value is -0.940. The van der Waals surface area contributed by atoms with Crippen molar-refractivity contribution in [2.75, 3.05) is 13.2 Å². The van der Waals surface area contributed by atoms with Crippen LogP contribution in [0.4, 0.5) is 0 Å². The van der Waals surface area contributed by atoms with E-state index in [1.54, 1.807) is 0 Å². The van der Waals surface area contributed by atoms with Gasteiger partial charge >= 0.3 is 0 Å². The molecule has 1 aliphatic heterocycles. The highest BCUT2D eigenvalue weighted by atomic mass is 16.5. The third-order valence-corrected chi connectivity index (χ3v) is 3.77. The lowest BCUT2D eigenvalue weighted by Crippen LogP contribution is -2.16.